The van der Waals surface area contributed by atoms with E-state index >= 15 is 0 Å². The lowest BCUT2D eigenvalue weighted by molar-refractivity contribution is -0.164. The van der Waals surface area contributed by atoms with Crippen LogP contribution in [-0.2, 0) is 14.3 Å². The second kappa shape index (κ2) is 6.44. The van der Waals surface area contributed by atoms with Crippen LogP contribution < -0.4 is 0 Å². The molecule has 0 bridgehead atoms. The lowest BCUT2D eigenvalue weighted by Crippen LogP contribution is -2.56. The lowest BCUT2D eigenvalue weighted by atomic mass is 9.45. The SMILES string of the molecule is CC(=O)O[C@H]1CCCC2=CC[C@H]3[C@@H](CC[C@@]4(C)[C@@H]3C[C@@H](C)[C@]4(C)C(C)=O)[C@]21C. The largest absolute Gasteiger partial charge is 0.462 e. The molecule has 0 amide bonds. The van der Waals surface area contributed by atoms with Gasteiger partial charge in [-0.1, -0.05) is 39.3 Å². The number of ketones is 1. The van der Waals surface area contributed by atoms with Gasteiger partial charge in [-0.05, 0) is 81.0 Å². The van der Waals surface area contributed by atoms with Crippen molar-refractivity contribution < 1.29 is 14.3 Å². The summed E-state index contributed by atoms with van der Waals surface area (Å²) in [5.74, 6) is 2.42. The van der Waals surface area contributed by atoms with Gasteiger partial charge in [0.2, 0.25) is 0 Å². The van der Waals surface area contributed by atoms with E-state index in [4.69, 9.17) is 4.74 Å². The highest BCUT2D eigenvalue weighted by molar-refractivity contribution is 5.83. The molecular formula is C25H38O3. The fourth-order valence-corrected chi connectivity index (χ4v) is 8.40. The van der Waals surface area contributed by atoms with Crippen molar-refractivity contribution in [2.24, 2.45) is 39.9 Å². The van der Waals surface area contributed by atoms with Gasteiger partial charge < -0.3 is 4.74 Å². The lowest BCUT2D eigenvalue weighted by Gasteiger charge is -2.60. The molecule has 0 aromatic heterocycles. The van der Waals surface area contributed by atoms with Crippen LogP contribution in [0.25, 0.3) is 0 Å². The molecule has 0 aromatic carbocycles. The number of Topliss-reactive ketones (excluding diaryl/α,β-unsaturated/α-hetero) is 1. The molecule has 0 spiro atoms. The third kappa shape index (κ3) is 2.40. The third-order valence-electron chi connectivity index (χ3n) is 10.3. The summed E-state index contributed by atoms with van der Waals surface area (Å²) in [5.41, 5.74) is 1.39. The van der Waals surface area contributed by atoms with E-state index in [-0.39, 0.29) is 28.3 Å². The monoisotopic (exact) mass is 386 g/mol. The molecule has 0 aromatic rings. The van der Waals surface area contributed by atoms with Gasteiger partial charge in [0.1, 0.15) is 11.9 Å². The highest BCUT2D eigenvalue weighted by Gasteiger charge is 2.67. The van der Waals surface area contributed by atoms with Crippen molar-refractivity contribution >= 4 is 11.8 Å². The zero-order chi connectivity index (χ0) is 20.5. The minimum absolute atomic E-state index is 0.0140. The first-order chi connectivity index (χ1) is 13.1. The number of fused-ring (bicyclic) bond motifs is 5. The molecule has 0 N–H and O–H groups in total. The Bertz CT molecular complexity index is 723. The van der Waals surface area contributed by atoms with Gasteiger partial charge in [-0.25, -0.2) is 0 Å². The molecule has 3 saturated carbocycles. The zero-order valence-corrected chi connectivity index (χ0v) is 18.6. The van der Waals surface area contributed by atoms with Gasteiger partial charge in [0.15, 0.2) is 0 Å². The number of carbonyl (C=O) groups is 2. The molecule has 3 nitrogen and oxygen atoms in total. The molecule has 0 aliphatic heterocycles. The summed E-state index contributed by atoms with van der Waals surface area (Å²) < 4.78 is 5.92. The fourth-order valence-electron chi connectivity index (χ4n) is 8.40. The number of hydrogen-bond acceptors (Lipinski definition) is 3. The predicted octanol–water partition coefficient (Wildman–Crippen LogP) is 5.72. The highest BCUT2D eigenvalue weighted by atomic mass is 16.5. The van der Waals surface area contributed by atoms with Gasteiger partial charge in [-0.2, -0.15) is 0 Å². The smallest absolute Gasteiger partial charge is 0.302 e. The highest BCUT2D eigenvalue weighted by Crippen LogP contribution is 2.71. The van der Waals surface area contributed by atoms with E-state index in [2.05, 4.69) is 33.8 Å². The summed E-state index contributed by atoms with van der Waals surface area (Å²) in [6, 6.07) is 0. The molecule has 0 radical (unpaired) electrons. The number of ether oxygens (including phenoxy) is 1. The van der Waals surface area contributed by atoms with Crippen LogP contribution >= 0.6 is 0 Å². The summed E-state index contributed by atoms with van der Waals surface area (Å²) in [4.78, 5) is 24.6. The molecule has 3 fully saturated rings. The van der Waals surface area contributed by atoms with Crippen molar-refractivity contribution in [2.75, 3.05) is 0 Å². The van der Waals surface area contributed by atoms with E-state index in [9.17, 15) is 9.59 Å². The average Bonchev–Trinajstić information content (AvgIpc) is 2.83. The maximum Gasteiger partial charge on any atom is 0.302 e. The van der Waals surface area contributed by atoms with Crippen molar-refractivity contribution in [3.8, 4) is 0 Å². The number of hydrogen-bond donors (Lipinski definition) is 0. The molecule has 28 heavy (non-hydrogen) atoms. The Kier molecular flexibility index (Phi) is 4.64. The van der Waals surface area contributed by atoms with E-state index in [0.29, 0.717) is 29.5 Å². The van der Waals surface area contributed by atoms with Crippen LogP contribution in [0.2, 0.25) is 0 Å². The molecule has 156 valence electrons. The average molecular weight is 387 g/mol. The van der Waals surface area contributed by atoms with E-state index in [1.165, 1.54) is 5.57 Å². The summed E-state index contributed by atoms with van der Waals surface area (Å²) in [5, 5.41) is 0. The molecule has 0 unspecified atom stereocenters. The Labute approximate surface area is 170 Å². The van der Waals surface area contributed by atoms with Gasteiger partial charge in [-0.3, -0.25) is 9.59 Å². The van der Waals surface area contributed by atoms with Gasteiger partial charge in [-0.15, -0.1) is 0 Å². The number of carbonyl (C=O) groups excluding carboxylic acids is 2. The first-order valence-electron chi connectivity index (χ1n) is 11.4. The van der Waals surface area contributed by atoms with E-state index in [1.54, 1.807) is 6.92 Å². The molecule has 8 atom stereocenters. The third-order valence-corrected chi connectivity index (χ3v) is 10.3. The Balaban J connectivity index is 1.73. The Morgan fingerprint density at radius 2 is 1.82 bits per heavy atom. The summed E-state index contributed by atoms with van der Waals surface area (Å²) in [7, 11) is 0. The van der Waals surface area contributed by atoms with Gasteiger partial charge >= 0.3 is 5.97 Å². The van der Waals surface area contributed by atoms with Crippen molar-refractivity contribution in [3.63, 3.8) is 0 Å². The van der Waals surface area contributed by atoms with Crippen molar-refractivity contribution in [1.82, 2.24) is 0 Å². The van der Waals surface area contributed by atoms with Crippen molar-refractivity contribution in [2.45, 2.75) is 92.6 Å². The van der Waals surface area contributed by atoms with Crippen LogP contribution in [0.4, 0.5) is 0 Å². The second-order valence-corrected chi connectivity index (χ2v) is 11.0. The van der Waals surface area contributed by atoms with Crippen LogP contribution in [0.5, 0.6) is 0 Å². The molecule has 4 aliphatic rings. The fraction of sp³-hybridized carbons (Fsp3) is 0.840. The number of allylic oxidation sites excluding steroid dienone is 1. The number of rotatable bonds is 2. The minimum atomic E-state index is -0.213. The quantitative estimate of drug-likeness (QED) is 0.450. The molecule has 4 aliphatic carbocycles. The Morgan fingerprint density at radius 1 is 1.11 bits per heavy atom. The molecule has 0 heterocycles. The van der Waals surface area contributed by atoms with Gasteiger partial charge in [0, 0.05) is 17.8 Å². The maximum absolute atomic E-state index is 12.8. The molecule has 4 rings (SSSR count). The summed E-state index contributed by atoms with van der Waals surface area (Å²) >= 11 is 0. The van der Waals surface area contributed by atoms with Gasteiger partial charge in [0.25, 0.3) is 0 Å². The zero-order valence-electron chi connectivity index (χ0n) is 18.6. The van der Waals surface area contributed by atoms with E-state index in [0.717, 1.165) is 44.9 Å². The molecule has 0 saturated heterocycles. The minimum Gasteiger partial charge on any atom is -0.462 e. The Morgan fingerprint density at radius 3 is 2.46 bits per heavy atom. The van der Waals surface area contributed by atoms with Crippen molar-refractivity contribution in [3.05, 3.63) is 11.6 Å². The van der Waals surface area contributed by atoms with Crippen LogP contribution in [0.3, 0.4) is 0 Å². The maximum atomic E-state index is 12.8. The standard InChI is InChI=1S/C25H38O3/c1-15-14-21-19-11-10-18-8-7-9-22(28-17(3)27)24(18,5)20(19)12-13-23(21,4)25(15,6)16(2)26/h10,15,19-22H,7-9,11-14H2,1-6H3/t15-,19+,20-,21-,22+,23+,24+,25-/m1/s1. The second-order valence-electron chi connectivity index (χ2n) is 11.0. The van der Waals surface area contributed by atoms with Crippen LogP contribution in [0.15, 0.2) is 11.6 Å². The van der Waals surface area contributed by atoms with Gasteiger partial charge in [0.05, 0.1) is 0 Å². The van der Waals surface area contributed by atoms with Crippen LogP contribution in [-0.4, -0.2) is 17.9 Å². The van der Waals surface area contributed by atoms with Crippen LogP contribution in [0, 0.1) is 39.9 Å². The van der Waals surface area contributed by atoms with Crippen molar-refractivity contribution in [1.29, 1.82) is 0 Å². The molecule has 3 heteroatoms. The Hall–Kier alpha value is -1.12. The van der Waals surface area contributed by atoms with E-state index < -0.39 is 0 Å². The first-order valence-corrected chi connectivity index (χ1v) is 11.4. The summed E-state index contributed by atoms with van der Waals surface area (Å²) in [6.07, 6.45) is 10.3. The topological polar surface area (TPSA) is 43.4 Å². The predicted molar refractivity (Wildman–Crippen MR) is 111 cm³/mol. The first kappa shape index (κ1) is 20.2. The molecular weight excluding hydrogens is 348 g/mol. The van der Waals surface area contributed by atoms with E-state index in [1.807, 2.05) is 6.92 Å². The normalized spacial score (nSPS) is 50.1. The number of esters is 1. The summed E-state index contributed by atoms with van der Waals surface area (Å²) in [6.45, 7) is 12.7. The van der Waals surface area contributed by atoms with Crippen LogP contribution in [0.1, 0.15) is 86.5 Å².